The third kappa shape index (κ3) is 3.46. The molecule has 1 unspecified atom stereocenters. The molecule has 4 rings (SSSR count). The largest absolute Gasteiger partial charge is 0.484 e. The molecule has 0 aliphatic carbocycles. The molecule has 0 N–H and O–H groups in total. The van der Waals surface area contributed by atoms with Crippen molar-refractivity contribution in [1.29, 1.82) is 5.26 Å². The van der Waals surface area contributed by atoms with E-state index in [4.69, 9.17) is 18.8 Å². The number of carbonyl (C=O) groups excluding carboxylic acids is 1. The van der Waals surface area contributed by atoms with E-state index >= 15 is 0 Å². The number of hydrogen-bond acceptors (Lipinski definition) is 6. The van der Waals surface area contributed by atoms with E-state index in [1.54, 1.807) is 55.0 Å². The van der Waals surface area contributed by atoms with Gasteiger partial charge in [-0.25, -0.2) is 5.01 Å². The SMILES string of the molecule is N#Cc1cccc(OCC(=O)N2N=C(c3ccco3)CC2c2ccco2)c1. The van der Waals surface area contributed by atoms with Crippen molar-refractivity contribution in [3.8, 4) is 11.8 Å². The molecule has 1 amide bonds. The lowest BCUT2D eigenvalue weighted by molar-refractivity contribution is -0.135. The smallest absolute Gasteiger partial charge is 0.281 e. The van der Waals surface area contributed by atoms with Crippen LogP contribution >= 0.6 is 0 Å². The van der Waals surface area contributed by atoms with Gasteiger partial charge in [-0.2, -0.15) is 10.4 Å². The average molecular weight is 361 g/mol. The molecule has 0 radical (unpaired) electrons. The van der Waals surface area contributed by atoms with Crippen molar-refractivity contribution in [2.75, 3.05) is 6.61 Å². The molecule has 1 aliphatic rings. The van der Waals surface area contributed by atoms with E-state index in [-0.39, 0.29) is 18.6 Å². The highest BCUT2D eigenvalue weighted by molar-refractivity contribution is 6.01. The number of hydrogen-bond donors (Lipinski definition) is 0. The molecule has 0 bridgehead atoms. The molecule has 1 atom stereocenters. The lowest BCUT2D eigenvalue weighted by atomic mass is 10.1. The maximum absolute atomic E-state index is 12.8. The Hall–Kier alpha value is -3.79. The predicted molar refractivity (Wildman–Crippen MR) is 94.8 cm³/mol. The zero-order chi connectivity index (χ0) is 18.6. The second-order valence-corrected chi connectivity index (χ2v) is 5.93. The molecule has 1 aliphatic heterocycles. The number of nitrogens with zero attached hydrogens (tertiary/aromatic N) is 3. The fourth-order valence-electron chi connectivity index (χ4n) is 2.90. The zero-order valence-corrected chi connectivity index (χ0v) is 14.2. The summed E-state index contributed by atoms with van der Waals surface area (Å²) in [7, 11) is 0. The topological polar surface area (TPSA) is 92.0 Å². The third-order valence-corrected chi connectivity index (χ3v) is 4.17. The fourth-order valence-corrected chi connectivity index (χ4v) is 2.90. The number of ether oxygens (including phenoxy) is 1. The molecular weight excluding hydrogens is 346 g/mol. The predicted octanol–water partition coefficient (Wildman–Crippen LogP) is 3.50. The first kappa shape index (κ1) is 16.7. The minimum Gasteiger partial charge on any atom is -0.484 e. The molecule has 0 saturated heterocycles. The number of hydrazone groups is 1. The van der Waals surface area contributed by atoms with Crippen LogP contribution in [0.1, 0.15) is 29.5 Å². The van der Waals surface area contributed by atoms with Crippen molar-refractivity contribution in [1.82, 2.24) is 5.01 Å². The summed E-state index contributed by atoms with van der Waals surface area (Å²) in [6.45, 7) is -0.207. The Morgan fingerprint density at radius 3 is 2.81 bits per heavy atom. The number of carbonyl (C=O) groups is 1. The van der Waals surface area contributed by atoms with Crippen LogP contribution in [0.2, 0.25) is 0 Å². The highest BCUT2D eigenvalue weighted by atomic mass is 16.5. The normalized spacial score (nSPS) is 16.0. The fraction of sp³-hybridized carbons (Fsp3) is 0.150. The quantitative estimate of drug-likeness (QED) is 0.693. The molecule has 2 aromatic heterocycles. The van der Waals surface area contributed by atoms with Crippen LogP contribution in [0.3, 0.4) is 0 Å². The molecule has 3 heterocycles. The third-order valence-electron chi connectivity index (χ3n) is 4.17. The number of benzene rings is 1. The van der Waals surface area contributed by atoms with Gasteiger partial charge in [0.25, 0.3) is 5.91 Å². The van der Waals surface area contributed by atoms with E-state index in [2.05, 4.69) is 5.10 Å². The highest BCUT2D eigenvalue weighted by Gasteiger charge is 2.35. The van der Waals surface area contributed by atoms with Gasteiger partial charge < -0.3 is 13.6 Å². The van der Waals surface area contributed by atoms with Gasteiger partial charge in [-0.15, -0.1) is 0 Å². The van der Waals surface area contributed by atoms with E-state index < -0.39 is 0 Å². The second-order valence-electron chi connectivity index (χ2n) is 5.93. The van der Waals surface area contributed by atoms with Crippen LogP contribution < -0.4 is 4.74 Å². The maximum atomic E-state index is 12.8. The average Bonchev–Trinajstić information content (AvgIpc) is 3.46. The van der Waals surface area contributed by atoms with Gasteiger partial charge in [0.05, 0.1) is 24.2 Å². The molecule has 1 aromatic carbocycles. The molecule has 27 heavy (non-hydrogen) atoms. The van der Waals surface area contributed by atoms with Crippen molar-refractivity contribution in [3.63, 3.8) is 0 Å². The van der Waals surface area contributed by atoms with Crippen molar-refractivity contribution in [2.45, 2.75) is 12.5 Å². The minimum absolute atomic E-state index is 0.207. The number of furan rings is 2. The van der Waals surface area contributed by atoms with E-state index in [0.29, 0.717) is 35.0 Å². The van der Waals surface area contributed by atoms with Crippen LogP contribution in [0.4, 0.5) is 0 Å². The van der Waals surface area contributed by atoms with Gasteiger partial charge in [0.15, 0.2) is 6.61 Å². The summed E-state index contributed by atoms with van der Waals surface area (Å²) in [5.74, 6) is 1.39. The van der Waals surface area contributed by atoms with E-state index in [1.807, 2.05) is 12.1 Å². The van der Waals surface area contributed by atoms with Gasteiger partial charge in [-0.05, 0) is 42.5 Å². The summed E-state index contributed by atoms with van der Waals surface area (Å²) in [6, 6.07) is 15.5. The van der Waals surface area contributed by atoms with Gasteiger partial charge in [0.2, 0.25) is 0 Å². The minimum atomic E-state index is -0.360. The van der Waals surface area contributed by atoms with Crippen molar-refractivity contribution in [2.24, 2.45) is 5.10 Å². The van der Waals surface area contributed by atoms with Crippen molar-refractivity contribution in [3.05, 3.63) is 78.1 Å². The Bertz CT molecular complexity index is 1000. The summed E-state index contributed by atoms with van der Waals surface area (Å²) in [5.41, 5.74) is 1.13. The van der Waals surface area contributed by atoms with Gasteiger partial charge in [0.1, 0.15) is 29.0 Å². The van der Waals surface area contributed by atoms with Crippen LogP contribution in [0.15, 0.2) is 75.0 Å². The summed E-state index contributed by atoms with van der Waals surface area (Å²) in [5, 5.41) is 14.7. The zero-order valence-electron chi connectivity index (χ0n) is 14.2. The maximum Gasteiger partial charge on any atom is 0.281 e. The molecular formula is C20H15N3O4. The Balaban J connectivity index is 1.52. The van der Waals surface area contributed by atoms with Crippen molar-refractivity contribution >= 4 is 11.6 Å². The standard InChI is InChI=1S/C20H15N3O4/c21-12-14-4-1-5-15(10-14)27-13-20(24)23-17(19-7-3-9-26-19)11-16(22-23)18-6-2-8-25-18/h1-10,17H,11,13H2. The van der Waals surface area contributed by atoms with E-state index in [1.165, 1.54) is 5.01 Å². The number of rotatable bonds is 5. The first-order valence-corrected chi connectivity index (χ1v) is 8.34. The summed E-state index contributed by atoms with van der Waals surface area (Å²) in [4.78, 5) is 12.8. The lowest BCUT2D eigenvalue weighted by Gasteiger charge is -2.20. The summed E-state index contributed by atoms with van der Waals surface area (Å²) in [6.07, 6.45) is 3.61. The van der Waals surface area contributed by atoms with Gasteiger partial charge >= 0.3 is 0 Å². The molecule has 3 aromatic rings. The highest BCUT2D eigenvalue weighted by Crippen LogP contribution is 2.33. The first-order chi connectivity index (χ1) is 13.2. The van der Waals surface area contributed by atoms with Crippen LogP contribution in [-0.4, -0.2) is 23.2 Å². The Morgan fingerprint density at radius 2 is 2.07 bits per heavy atom. The Kier molecular flexibility index (Phi) is 4.45. The van der Waals surface area contributed by atoms with Crippen LogP contribution in [0.25, 0.3) is 0 Å². The van der Waals surface area contributed by atoms with Gasteiger partial charge in [0, 0.05) is 6.42 Å². The van der Waals surface area contributed by atoms with Crippen molar-refractivity contribution < 1.29 is 18.4 Å². The molecule has 7 nitrogen and oxygen atoms in total. The van der Waals surface area contributed by atoms with E-state index in [0.717, 1.165) is 0 Å². The van der Waals surface area contributed by atoms with Crippen LogP contribution in [0.5, 0.6) is 5.75 Å². The Labute approximate surface area is 155 Å². The Morgan fingerprint density at radius 1 is 1.22 bits per heavy atom. The molecule has 134 valence electrons. The van der Waals surface area contributed by atoms with Gasteiger partial charge in [-0.1, -0.05) is 6.07 Å². The molecule has 0 spiro atoms. The second kappa shape index (κ2) is 7.22. The first-order valence-electron chi connectivity index (χ1n) is 8.34. The van der Waals surface area contributed by atoms with E-state index in [9.17, 15) is 4.79 Å². The number of amides is 1. The number of nitriles is 1. The van der Waals surface area contributed by atoms with Crippen LogP contribution in [0, 0.1) is 11.3 Å². The van der Waals surface area contributed by atoms with Crippen LogP contribution in [-0.2, 0) is 4.79 Å². The molecule has 0 saturated carbocycles. The lowest BCUT2D eigenvalue weighted by Crippen LogP contribution is -2.31. The molecule has 0 fully saturated rings. The van der Waals surface area contributed by atoms with Gasteiger partial charge in [-0.3, -0.25) is 4.79 Å². The summed E-state index contributed by atoms with van der Waals surface area (Å²) < 4.78 is 16.4. The monoisotopic (exact) mass is 361 g/mol. The summed E-state index contributed by atoms with van der Waals surface area (Å²) >= 11 is 0. The molecule has 7 heteroatoms.